The first kappa shape index (κ1) is 38.1. The normalized spacial score (nSPS) is 25.8. The number of amidine groups is 1. The van der Waals surface area contributed by atoms with Crippen LogP contribution in [0.3, 0.4) is 0 Å². The van der Waals surface area contributed by atoms with Gasteiger partial charge in [-0.05, 0) is 129 Å². The Labute approximate surface area is 386 Å². The molecule has 0 saturated carbocycles. The van der Waals surface area contributed by atoms with Crippen LogP contribution in [0, 0.1) is 5.92 Å². The average Bonchev–Trinajstić information content (AvgIpc) is 3.90. The number of aliphatic imine (C=N–C) groups is 1. The molecule has 5 heteroatoms. The van der Waals surface area contributed by atoms with Gasteiger partial charge in [-0.25, -0.2) is 4.99 Å². The van der Waals surface area contributed by atoms with Crippen LogP contribution in [0.5, 0.6) is 0 Å². The van der Waals surface area contributed by atoms with Gasteiger partial charge in [0.1, 0.15) is 18.2 Å². The van der Waals surface area contributed by atoms with Crippen LogP contribution in [0.25, 0.3) is 38.4 Å². The predicted molar refractivity (Wildman–Crippen MR) is 275 cm³/mol. The number of allylic oxidation sites excluding steroid dienone is 6. The highest BCUT2D eigenvalue weighted by molar-refractivity contribution is 6.00. The van der Waals surface area contributed by atoms with E-state index in [1.54, 1.807) is 0 Å². The second kappa shape index (κ2) is 15.2. The summed E-state index contributed by atoms with van der Waals surface area (Å²) in [4.78, 5) is 10.7. The van der Waals surface area contributed by atoms with Crippen molar-refractivity contribution in [2.24, 2.45) is 10.9 Å². The second-order valence-electron chi connectivity index (χ2n) is 19.3. The number of anilines is 3. The first-order chi connectivity index (χ1) is 32.7. The Morgan fingerprint density at radius 1 is 0.621 bits per heavy atom. The summed E-state index contributed by atoms with van der Waals surface area (Å²) in [5, 5.41) is 15.9. The minimum absolute atomic E-state index is 0.0296. The van der Waals surface area contributed by atoms with Gasteiger partial charge in [-0.2, -0.15) is 0 Å². The van der Waals surface area contributed by atoms with E-state index < -0.39 is 0 Å². The minimum atomic E-state index is -0.104. The molecule has 0 spiro atoms. The number of nitrogens with one attached hydrogen (secondary N) is 2. The number of benzene rings is 7. The topological polar surface area (TPSA) is 42.9 Å². The fourth-order valence-electron chi connectivity index (χ4n) is 12.7. The van der Waals surface area contributed by atoms with Gasteiger partial charge in [0, 0.05) is 46.1 Å². The van der Waals surface area contributed by atoms with E-state index in [0.717, 1.165) is 37.1 Å². The molecule has 3 heterocycles. The van der Waals surface area contributed by atoms with Crippen molar-refractivity contribution in [2.45, 2.75) is 68.4 Å². The molecule has 0 aromatic heterocycles. The maximum Gasteiger partial charge on any atom is 0.131 e. The Morgan fingerprint density at radius 3 is 2.36 bits per heavy atom. The monoisotopic (exact) mass is 853 g/mol. The van der Waals surface area contributed by atoms with Gasteiger partial charge in [0.05, 0.1) is 12.1 Å². The van der Waals surface area contributed by atoms with Crippen LogP contribution in [0.4, 0.5) is 17.1 Å². The molecule has 5 nitrogen and oxygen atoms in total. The predicted octanol–water partition coefficient (Wildman–Crippen LogP) is 13.3. The smallest absolute Gasteiger partial charge is 0.131 e. The number of fused-ring (bicyclic) bond motifs is 12. The fourth-order valence-corrected chi connectivity index (χ4v) is 12.7. The molecule has 0 saturated heterocycles. The lowest BCUT2D eigenvalue weighted by molar-refractivity contribution is 0.349. The minimum Gasteiger partial charge on any atom is -0.351 e. The Morgan fingerprint density at radius 2 is 1.44 bits per heavy atom. The fraction of sp³-hybridized carbons (Fsp3) is 0.197. The summed E-state index contributed by atoms with van der Waals surface area (Å²) in [6.45, 7) is 0. The molecule has 0 bridgehead atoms. The van der Waals surface area contributed by atoms with Gasteiger partial charge in [0.15, 0.2) is 0 Å². The van der Waals surface area contributed by atoms with Crippen molar-refractivity contribution in [3.05, 3.63) is 227 Å². The van der Waals surface area contributed by atoms with Crippen LogP contribution < -0.4 is 20.4 Å². The molecule has 7 atom stereocenters. The summed E-state index contributed by atoms with van der Waals surface area (Å²) in [5.41, 5.74) is 13.5. The lowest BCUT2D eigenvalue weighted by atomic mass is 9.84. The molecule has 4 aliphatic carbocycles. The zero-order valence-corrected chi connectivity index (χ0v) is 36.9. The maximum absolute atomic E-state index is 5.47. The molecule has 7 aliphatic rings. The molecular formula is C61H51N5. The van der Waals surface area contributed by atoms with E-state index in [-0.39, 0.29) is 30.2 Å². The number of aryl methyl sites for hydroxylation is 1. The summed E-state index contributed by atoms with van der Waals surface area (Å²) in [6, 6.07) is 50.4. The first-order valence-electron chi connectivity index (χ1n) is 24.1. The van der Waals surface area contributed by atoms with E-state index in [4.69, 9.17) is 4.99 Å². The van der Waals surface area contributed by atoms with Gasteiger partial charge in [-0.1, -0.05) is 158 Å². The van der Waals surface area contributed by atoms with Gasteiger partial charge in [0.25, 0.3) is 0 Å². The van der Waals surface area contributed by atoms with Crippen molar-refractivity contribution in [3.8, 4) is 0 Å². The molecule has 320 valence electrons. The van der Waals surface area contributed by atoms with Crippen LogP contribution >= 0.6 is 0 Å². The Hall–Kier alpha value is -7.21. The summed E-state index contributed by atoms with van der Waals surface area (Å²) in [7, 11) is 0. The molecule has 7 aromatic rings. The number of nitrogens with zero attached hydrogens (tertiary/aromatic N) is 3. The van der Waals surface area contributed by atoms with E-state index in [0.29, 0.717) is 12.0 Å². The van der Waals surface area contributed by atoms with E-state index in [1.165, 1.54) is 89.3 Å². The molecule has 7 aromatic carbocycles. The van der Waals surface area contributed by atoms with Crippen molar-refractivity contribution in [1.29, 1.82) is 0 Å². The molecule has 2 N–H and O–H groups in total. The number of hydrogen-bond acceptors (Lipinski definition) is 5. The number of hydrogen-bond donors (Lipinski definition) is 2. The summed E-state index contributed by atoms with van der Waals surface area (Å²) < 4.78 is 0. The lowest BCUT2D eigenvalue weighted by Gasteiger charge is -2.39. The Balaban J connectivity index is 0.795. The van der Waals surface area contributed by atoms with E-state index >= 15 is 0 Å². The largest absolute Gasteiger partial charge is 0.351 e. The van der Waals surface area contributed by atoms with Crippen LogP contribution in [0.15, 0.2) is 204 Å². The van der Waals surface area contributed by atoms with E-state index in [2.05, 4.69) is 215 Å². The molecule has 0 fully saturated rings. The Kier molecular flexibility index (Phi) is 8.76. The van der Waals surface area contributed by atoms with Crippen LogP contribution in [0.2, 0.25) is 0 Å². The highest BCUT2D eigenvalue weighted by Gasteiger charge is 2.42. The van der Waals surface area contributed by atoms with Crippen molar-refractivity contribution in [2.75, 3.05) is 9.80 Å². The second-order valence-corrected chi connectivity index (χ2v) is 19.3. The van der Waals surface area contributed by atoms with Gasteiger partial charge in [0.2, 0.25) is 0 Å². The Bertz CT molecular complexity index is 3370. The highest BCUT2D eigenvalue weighted by atomic mass is 15.3. The quantitative estimate of drug-likeness (QED) is 0.169. The van der Waals surface area contributed by atoms with Crippen LogP contribution in [0.1, 0.15) is 65.3 Å². The third-order valence-corrected chi connectivity index (χ3v) is 15.7. The third-order valence-electron chi connectivity index (χ3n) is 15.7. The van der Waals surface area contributed by atoms with Crippen molar-refractivity contribution in [3.63, 3.8) is 0 Å². The summed E-state index contributed by atoms with van der Waals surface area (Å²) in [5.74, 6) is 1.89. The maximum atomic E-state index is 5.47. The molecule has 66 heavy (non-hydrogen) atoms. The molecule has 0 radical (unpaired) electrons. The van der Waals surface area contributed by atoms with E-state index in [9.17, 15) is 0 Å². The van der Waals surface area contributed by atoms with Gasteiger partial charge < -0.3 is 15.1 Å². The van der Waals surface area contributed by atoms with Crippen molar-refractivity contribution >= 4 is 61.3 Å². The van der Waals surface area contributed by atoms with Gasteiger partial charge in [-0.15, -0.1) is 0 Å². The lowest BCUT2D eigenvalue weighted by Crippen LogP contribution is -2.57. The molecular weight excluding hydrogens is 803 g/mol. The standard InChI is InChI=1S/C61H51N5/c1-2-15-40(16-3-1)59-62-60(64-61(63-59)44-28-31-49-42(33-44)26-25-38-13-4-6-19-48(38)49)43-17-12-18-46(34-43)66-54-23-10-8-21-51(54)53-36-45-35-47(30-27-41(45)37-57(53)66)65-55-24-11-9-22-52(55)58-50-20-7-5-14-39(50)29-32-56(58)65/h1-8,10-21,23-27,29-30,32-33,35-37,43,51-52,54-55,60-61,64H,9,22,28,31,34H2,(H,62,63). The molecule has 3 aliphatic heterocycles. The van der Waals surface area contributed by atoms with Gasteiger partial charge >= 0.3 is 0 Å². The van der Waals surface area contributed by atoms with Crippen LogP contribution in [-0.4, -0.2) is 30.3 Å². The van der Waals surface area contributed by atoms with Crippen molar-refractivity contribution < 1.29 is 0 Å². The zero-order valence-electron chi connectivity index (χ0n) is 36.9. The molecule has 14 rings (SSSR count). The third kappa shape index (κ3) is 6.06. The van der Waals surface area contributed by atoms with Gasteiger partial charge in [-0.3, -0.25) is 5.32 Å². The molecule has 0 amide bonds. The highest BCUT2D eigenvalue weighted by Crippen LogP contribution is 2.53. The zero-order chi connectivity index (χ0) is 43.3. The summed E-state index contributed by atoms with van der Waals surface area (Å²) >= 11 is 0. The molecule has 7 unspecified atom stereocenters. The SMILES string of the molecule is C1=CC(C2N=C(c3ccccc3)NC(C3=Cc4ccc5ccccc5c4CC3)N2)CC(N2c3cc4ccc(N5c6ccc7ccccc7c6C6CCC=CC65)cc4cc3C3C=CC=CC32)=C1. The van der Waals surface area contributed by atoms with E-state index in [1.807, 2.05) is 0 Å². The van der Waals surface area contributed by atoms with Crippen molar-refractivity contribution in [1.82, 2.24) is 10.6 Å². The number of rotatable bonds is 5. The average molecular weight is 854 g/mol. The summed E-state index contributed by atoms with van der Waals surface area (Å²) in [6.07, 6.45) is 28.7. The first-order valence-corrected chi connectivity index (χ1v) is 24.1. The van der Waals surface area contributed by atoms with Crippen LogP contribution in [-0.2, 0) is 6.42 Å².